The summed E-state index contributed by atoms with van der Waals surface area (Å²) in [5, 5.41) is 10.7. The van der Waals surface area contributed by atoms with Crippen LogP contribution in [0.3, 0.4) is 0 Å². The topological polar surface area (TPSA) is 61.0 Å². The van der Waals surface area contributed by atoms with Gasteiger partial charge in [0.25, 0.3) is 5.69 Å². The van der Waals surface area contributed by atoms with E-state index in [-0.39, 0.29) is 5.69 Å². The molecule has 0 radical (unpaired) electrons. The number of rotatable bonds is 2. The molecule has 0 bridgehead atoms. The fourth-order valence-corrected chi connectivity index (χ4v) is 1.94. The lowest BCUT2D eigenvalue weighted by molar-refractivity contribution is -0.388. The number of nitro groups is 1. The van der Waals surface area contributed by atoms with Crippen LogP contribution in [0.5, 0.6) is 0 Å². The van der Waals surface area contributed by atoms with E-state index >= 15 is 0 Å². The van der Waals surface area contributed by atoms with Gasteiger partial charge in [-0.2, -0.15) is 13.2 Å². The van der Waals surface area contributed by atoms with E-state index in [4.69, 9.17) is 0 Å². The fraction of sp³-hybridized carbons (Fsp3) is 0.250. The minimum Gasteiger partial charge on any atom is -0.304 e. The highest BCUT2D eigenvalue weighted by Crippen LogP contribution is 2.37. The summed E-state index contributed by atoms with van der Waals surface area (Å²) in [6, 6.07) is 2.88. The molecule has 0 N–H and O–H groups in total. The zero-order valence-corrected chi connectivity index (χ0v) is 10.6. The molecule has 20 heavy (non-hydrogen) atoms. The van der Waals surface area contributed by atoms with Gasteiger partial charge in [0.1, 0.15) is 11.4 Å². The van der Waals surface area contributed by atoms with Crippen LogP contribution in [0.4, 0.5) is 18.9 Å². The lowest BCUT2D eigenvalue weighted by atomic mass is 10.1. The highest BCUT2D eigenvalue weighted by Gasteiger charge is 2.38. The summed E-state index contributed by atoms with van der Waals surface area (Å²) in [6.45, 7) is 3.35. The Morgan fingerprint density at radius 3 is 2.40 bits per heavy atom. The van der Waals surface area contributed by atoms with Crippen molar-refractivity contribution in [2.45, 2.75) is 20.0 Å². The summed E-state index contributed by atoms with van der Waals surface area (Å²) in [5.41, 5.74) is -1.41. The van der Waals surface area contributed by atoms with E-state index < -0.39 is 22.4 Å². The molecule has 2 aromatic rings. The lowest BCUT2D eigenvalue weighted by Gasteiger charge is -2.11. The Bertz CT molecular complexity index is 677. The predicted molar refractivity (Wildman–Crippen MR) is 64.7 cm³/mol. The molecule has 0 saturated carbocycles. The van der Waals surface area contributed by atoms with Crippen molar-refractivity contribution in [1.82, 2.24) is 9.55 Å². The molecule has 5 nitrogen and oxygen atoms in total. The lowest BCUT2D eigenvalue weighted by Crippen LogP contribution is -2.10. The van der Waals surface area contributed by atoms with Gasteiger partial charge in [0.15, 0.2) is 0 Å². The van der Waals surface area contributed by atoms with Gasteiger partial charge < -0.3 is 4.57 Å². The van der Waals surface area contributed by atoms with Crippen LogP contribution < -0.4 is 0 Å². The molecule has 0 aliphatic carbocycles. The van der Waals surface area contributed by atoms with E-state index in [0.717, 1.165) is 12.1 Å². The van der Waals surface area contributed by atoms with Crippen LogP contribution >= 0.6 is 0 Å². The molecule has 0 aliphatic heterocycles. The Hall–Kier alpha value is -2.38. The van der Waals surface area contributed by atoms with Gasteiger partial charge in [0.2, 0.25) is 0 Å². The molecule has 0 fully saturated rings. The summed E-state index contributed by atoms with van der Waals surface area (Å²) < 4.78 is 40.1. The molecule has 0 saturated heterocycles. The fourth-order valence-electron chi connectivity index (χ4n) is 1.94. The average Bonchev–Trinajstić information content (AvgIpc) is 2.66. The molecule has 1 heterocycles. The molecule has 8 heteroatoms. The third-order valence-electron chi connectivity index (χ3n) is 2.76. The van der Waals surface area contributed by atoms with Crippen LogP contribution in [0.25, 0.3) is 5.69 Å². The second-order valence-electron chi connectivity index (χ2n) is 4.26. The summed E-state index contributed by atoms with van der Waals surface area (Å²) in [7, 11) is 0. The Balaban J connectivity index is 2.64. The van der Waals surface area contributed by atoms with E-state index in [1.165, 1.54) is 10.6 Å². The SMILES string of the molecule is Cc1cn(-c2ccc([N+](=O)[O-])c(C(F)(F)F)c2)c(C)n1. The maximum atomic E-state index is 12.9. The molecule has 0 spiro atoms. The van der Waals surface area contributed by atoms with Crippen molar-refractivity contribution in [2.75, 3.05) is 0 Å². The number of aryl methyl sites for hydroxylation is 2. The standard InChI is InChI=1S/C12H10F3N3O2/c1-7-6-17(8(2)16-7)9-3-4-11(18(19)20)10(5-9)12(13,14)15/h3-6H,1-2H3. The van der Waals surface area contributed by atoms with Crippen molar-refractivity contribution in [3.63, 3.8) is 0 Å². The number of aromatic nitrogens is 2. The second kappa shape index (κ2) is 4.62. The molecular weight excluding hydrogens is 275 g/mol. The quantitative estimate of drug-likeness (QED) is 0.627. The molecule has 0 aliphatic rings. The van der Waals surface area contributed by atoms with Crippen LogP contribution in [-0.2, 0) is 6.18 Å². The van der Waals surface area contributed by atoms with E-state index in [9.17, 15) is 23.3 Å². The van der Waals surface area contributed by atoms with Gasteiger partial charge in [-0.15, -0.1) is 0 Å². The van der Waals surface area contributed by atoms with Crippen molar-refractivity contribution >= 4 is 5.69 Å². The molecular formula is C12H10F3N3O2. The number of nitrogens with zero attached hydrogens (tertiary/aromatic N) is 3. The third-order valence-corrected chi connectivity index (χ3v) is 2.76. The molecule has 106 valence electrons. The largest absolute Gasteiger partial charge is 0.423 e. The Morgan fingerprint density at radius 2 is 1.95 bits per heavy atom. The van der Waals surface area contributed by atoms with E-state index in [2.05, 4.69) is 4.98 Å². The summed E-state index contributed by atoms with van der Waals surface area (Å²) in [6.07, 6.45) is -3.22. The zero-order chi connectivity index (χ0) is 15.1. The number of imidazole rings is 1. The Kier molecular flexibility index (Phi) is 3.24. The average molecular weight is 285 g/mol. The van der Waals surface area contributed by atoms with Gasteiger partial charge >= 0.3 is 6.18 Å². The molecule has 0 atom stereocenters. The Morgan fingerprint density at radius 1 is 1.30 bits per heavy atom. The Labute approximate surface area is 111 Å². The summed E-state index contributed by atoms with van der Waals surface area (Å²) in [5.74, 6) is 0.504. The van der Waals surface area contributed by atoms with Crippen LogP contribution in [0.15, 0.2) is 24.4 Å². The van der Waals surface area contributed by atoms with E-state index in [0.29, 0.717) is 11.5 Å². The summed E-state index contributed by atoms with van der Waals surface area (Å²) >= 11 is 0. The second-order valence-corrected chi connectivity index (χ2v) is 4.26. The number of benzene rings is 1. The van der Waals surface area contributed by atoms with Gasteiger partial charge in [-0.1, -0.05) is 0 Å². The van der Waals surface area contributed by atoms with Crippen molar-refractivity contribution < 1.29 is 18.1 Å². The van der Waals surface area contributed by atoms with Crippen molar-refractivity contribution in [3.8, 4) is 5.69 Å². The van der Waals surface area contributed by atoms with Gasteiger partial charge in [0, 0.05) is 18.0 Å². The van der Waals surface area contributed by atoms with Crippen LogP contribution in [-0.4, -0.2) is 14.5 Å². The number of nitro benzene ring substituents is 1. The van der Waals surface area contributed by atoms with Crippen molar-refractivity contribution in [2.24, 2.45) is 0 Å². The van der Waals surface area contributed by atoms with Crippen LogP contribution in [0.2, 0.25) is 0 Å². The minimum absolute atomic E-state index is 0.182. The highest BCUT2D eigenvalue weighted by atomic mass is 19.4. The number of hydrogen-bond donors (Lipinski definition) is 0. The van der Waals surface area contributed by atoms with Gasteiger partial charge in [-0.3, -0.25) is 10.1 Å². The van der Waals surface area contributed by atoms with Gasteiger partial charge in [0.05, 0.1) is 10.6 Å². The molecule has 1 aromatic heterocycles. The smallest absolute Gasteiger partial charge is 0.304 e. The first-order valence-corrected chi connectivity index (χ1v) is 5.59. The zero-order valence-electron chi connectivity index (χ0n) is 10.6. The first kappa shape index (κ1) is 14.0. The predicted octanol–water partition coefficient (Wildman–Crippen LogP) is 3.42. The van der Waals surface area contributed by atoms with Crippen molar-refractivity contribution in [1.29, 1.82) is 0 Å². The van der Waals surface area contributed by atoms with Crippen molar-refractivity contribution in [3.05, 3.63) is 51.6 Å². The molecule has 0 amide bonds. The van der Waals surface area contributed by atoms with Crippen LogP contribution in [0, 0.1) is 24.0 Å². The first-order valence-electron chi connectivity index (χ1n) is 5.59. The first-order chi connectivity index (χ1) is 9.20. The van der Waals surface area contributed by atoms with Crippen LogP contribution in [0.1, 0.15) is 17.1 Å². The monoisotopic (exact) mass is 285 g/mol. The molecule has 2 rings (SSSR count). The molecule has 1 aromatic carbocycles. The normalized spacial score (nSPS) is 11.7. The number of halogens is 3. The highest BCUT2D eigenvalue weighted by molar-refractivity contribution is 5.50. The minimum atomic E-state index is -4.79. The number of alkyl halides is 3. The maximum Gasteiger partial charge on any atom is 0.423 e. The molecule has 0 unspecified atom stereocenters. The maximum absolute atomic E-state index is 12.9. The summed E-state index contributed by atoms with van der Waals surface area (Å²) in [4.78, 5) is 13.7. The van der Waals surface area contributed by atoms with E-state index in [1.54, 1.807) is 20.0 Å². The number of hydrogen-bond acceptors (Lipinski definition) is 3. The third kappa shape index (κ3) is 2.49. The van der Waals surface area contributed by atoms with Gasteiger partial charge in [-0.25, -0.2) is 4.98 Å². The van der Waals surface area contributed by atoms with Gasteiger partial charge in [-0.05, 0) is 26.0 Å². The van der Waals surface area contributed by atoms with E-state index in [1.807, 2.05) is 0 Å².